The first-order chi connectivity index (χ1) is 7.22. The zero-order valence-corrected chi connectivity index (χ0v) is 9.00. The number of thiocarbonyl (C=S) groups is 1. The van der Waals surface area contributed by atoms with E-state index in [0.717, 1.165) is 5.56 Å². The zero-order valence-electron chi connectivity index (χ0n) is 8.19. The molecule has 0 fully saturated rings. The maximum absolute atomic E-state index is 10.8. The van der Waals surface area contributed by atoms with Crippen LogP contribution in [-0.2, 0) is 11.3 Å². The molecule has 6 heteroatoms. The highest BCUT2D eigenvalue weighted by Gasteiger charge is 2.02. The highest BCUT2D eigenvalue weighted by atomic mass is 32.1. The van der Waals surface area contributed by atoms with Crippen LogP contribution in [0.4, 0.5) is 4.79 Å². The van der Waals surface area contributed by atoms with Gasteiger partial charge in [-0.15, -0.1) is 0 Å². The number of nitrogens with zero attached hydrogens (tertiary/aromatic N) is 1. The lowest BCUT2D eigenvalue weighted by Crippen LogP contribution is -2.38. The molecular formula is C9H11N3O2S. The number of rotatable bonds is 2. The summed E-state index contributed by atoms with van der Waals surface area (Å²) < 4.78 is 4.38. The highest BCUT2D eigenvalue weighted by molar-refractivity contribution is 7.80. The van der Waals surface area contributed by atoms with Crippen molar-refractivity contribution < 1.29 is 9.53 Å². The third-order valence-electron chi connectivity index (χ3n) is 1.58. The van der Waals surface area contributed by atoms with Gasteiger partial charge in [-0.05, 0) is 23.8 Å². The van der Waals surface area contributed by atoms with Crippen molar-refractivity contribution in [3.8, 4) is 0 Å². The molecule has 0 spiro atoms. The molecule has 0 saturated carbocycles. The van der Waals surface area contributed by atoms with E-state index in [1.165, 1.54) is 7.11 Å². The molecule has 1 heterocycles. The molecule has 80 valence electrons. The van der Waals surface area contributed by atoms with Crippen LogP contribution < -0.4 is 10.6 Å². The van der Waals surface area contributed by atoms with Crippen molar-refractivity contribution in [1.82, 2.24) is 15.6 Å². The lowest BCUT2D eigenvalue weighted by atomic mass is 10.3. The molecule has 1 amide bonds. The Bertz CT molecular complexity index is 342. The highest BCUT2D eigenvalue weighted by Crippen LogP contribution is 1.93. The minimum Gasteiger partial charge on any atom is -0.453 e. The van der Waals surface area contributed by atoms with Crippen LogP contribution in [-0.4, -0.2) is 23.3 Å². The van der Waals surface area contributed by atoms with E-state index in [2.05, 4.69) is 20.4 Å². The fourth-order valence-electron chi connectivity index (χ4n) is 0.873. The number of nitrogens with one attached hydrogen (secondary N) is 2. The molecule has 0 unspecified atom stereocenters. The number of ether oxygens (including phenoxy) is 1. The second-order valence-electron chi connectivity index (χ2n) is 2.66. The summed E-state index contributed by atoms with van der Waals surface area (Å²) in [6, 6.07) is 3.73. The van der Waals surface area contributed by atoms with E-state index in [-0.39, 0.29) is 5.11 Å². The lowest BCUT2D eigenvalue weighted by Gasteiger charge is -2.07. The first-order valence-electron chi connectivity index (χ1n) is 4.24. The Labute approximate surface area is 92.8 Å². The van der Waals surface area contributed by atoms with E-state index in [1.807, 2.05) is 12.1 Å². The number of hydrogen-bond donors (Lipinski definition) is 2. The maximum Gasteiger partial charge on any atom is 0.413 e. The third-order valence-corrected chi connectivity index (χ3v) is 1.82. The molecule has 5 nitrogen and oxygen atoms in total. The summed E-state index contributed by atoms with van der Waals surface area (Å²) in [5.74, 6) is 0. The zero-order chi connectivity index (χ0) is 11.1. The molecule has 0 radical (unpaired) electrons. The van der Waals surface area contributed by atoms with Crippen LogP contribution in [0.3, 0.4) is 0 Å². The van der Waals surface area contributed by atoms with Crippen LogP contribution >= 0.6 is 12.2 Å². The van der Waals surface area contributed by atoms with Gasteiger partial charge >= 0.3 is 6.09 Å². The number of carbonyl (C=O) groups excluding carboxylic acids is 1. The van der Waals surface area contributed by atoms with Crippen LogP contribution in [0.25, 0.3) is 0 Å². The molecule has 0 aliphatic carbocycles. The monoisotopic (exact) mass is 225 g/mol. The van der Waals surface area contributed by atoms with E-state index in [4.69, 9.17) is 12.2 Å². The van der Waals surface area contributed by atoms with Crippen LogP contribution in [0, 0.1) is 0 Å². The summed E-state index contributed by atoms with van der Waals surface area (Å²) in [5.41, 5.74) is 0.978. The fraction of sp³-hybridized carbons (Fsp3) is 0.222. The van der Waals surface area contributed by atoms with Gasteiger partial charge in [0.2, 0.25) is 0 Å². The molecule has 15 heavy (non-hydrogen) atoms. The normalized spacial score (nSPS) is 9.13. The molecule has 0 aromatic carbocycles. The molecule has 0 aliphatic heterocycles. The smallest absolute Gasteiger partial charge is 0.413 e. The average molecular weight is 225 g/mol. The molecule has 0 saturated heterocycles. The van der Waals surface area contributed by atoms with Gasteiger partial charge in [0.1, 0.15) is 0 Å². The number of pyridine rings is 1. The first kappa shape index (κ1) is 11.4. The van der Waals surface area contributed by atoms with E-state index < -0.39 is 6.09 Å². The van der Waals surface area contributed by atoms with Crippen molar-refractivity contribution in [3.63, 3.8) is 0 Å². The van der Waals surface area contributed by atoms with Crippen molar-refractivity contribution in [3.05, 3.63) is 30.1 Å². The van der Waals surface area contributed by atoms with E-state index in [0.29, 0.717) is 6.54 Å². The minimum absolute atomic E-state index is 0.228. The number of carbonyl (C=O) groups is 1. The number of aromatic nitrogens is 1. The number of methoxy groups -OCH3 is 1. The molecular weight excluding hydrogens is 214 g/mol. The van der Waals surface area contributed by atoms with Gasteiger partial charge in [-0.25, -0.2) is 4.79 Å². The van der Waals surface area contributed by atoms with Gasteiger partial charge in [-0.3, -0.25) is 10.3 Å². The molecule has 0 bridgehead atoms. The Hall–Kier alpha value is -1.69. The second-order valence-corrected chi connectivity index (χ2v) is 3.07. The fourth-order valence-corrected chi connectivity index (χ4v) is 1.03. The summed E-state index contributed by atoms with van der Waals surface area (Å²) in [7, 11) is 1.28. The Morgan fingerprint density at radius 3 is 3.07 bits per heavy atom. The van der Waals surface area contributed by atoms with Crippen LogP contribution in [0.15, 0.2) is 24.5 Å². The van der Waals surface area contributed by atoms with Crippen LogP contribution in [0.5, 0.6) is 0 Å². The number of hydrogen-bond acceptors (Lipinski definition) is 4. The Morgan fingerprint density at radius 1 is 1.67 bits per heavy atom. The second kappa shape index (κ2) is 5.92. The largest absolute Gasteiger partial charge is 0.453 e. The van der Waals surface area contributed by atoms with Crippen molar-refractivity contribution in [1.29, 1.82) is 0 Å². The SMILES string of the molecule is COC(=O)NC(=S)NCc1cccnc1. The van der Waals surface area contributed by atoms with Gasteiger partial charge in [-0.2, -0.15) is 0 Å². The Kier molecular flexibility index (Phi) is 4.49. The Morgan fingerprint density at radius 2 is 2.47 bits per heavy atom. The van der Waals surface area contributed by atoms with Gasteiger partial charge in [0.15, 0.2) is 5.11 Å². The summed E-state index contributed by atoms with van der Waals surface area (Å²) in [5, 5.41) is 5.41. The Balaban J connectivity index is 2.32. The summed E-state index contributed by atoms with van der Waals surface area (Å²) in [6.45, 7) is 0.511. The van der Waals surface area contributed by atoms with Crippen molar-refractivity contribution in [2.24, 2.45) is 0 Å². The van der Waals surface area contributed by atoms with Crippen molar-refractivity contribution in [2.75, 3.05) is 7.11 Å². The summed E-state index contributed by atoms with van der Waals surface area (Å²) in [6.07, 6.45) is 2.82. The molecule has 0 atom stereocenters. The number of alkyl carbamates (subject to hydrolysis) is 1. The summed E-state index contributed by atoms with van der Waals surface area (Å²) in [4.78, 5) is 14.7. The third kappa shape index (κ3) is 4.37. The van der Waals surface area contributed by atoms with E-state index >= 15 is 0 Å². The number of amides is 1. The molecule has 1 aromatic heterocycles. The van der Waals surface area contributed by atoms with Crippen molar-refractivity contribution in [2.45, 2.75) is 6.54 Å². The lowest BCUT2D eigenvalue weighted by molar-refractivity contribution is 0.176. The predicted octanol–water partition coefficient (Wildman–Crippen LogP) is 0.812. The van der Waals surface area contributed by atoms with Crippen LogP contribution in [0.1, 0.15) is 5.56 Å². The summed E-state index contributed by atoms with van der Waals surface area (Å²) >= 11 is 4.85. The standard InChI is InChI=1S/C9H11N3O2S/c1-14-9(13)12-8(15)11-6-7-3-2-4-10-5-7/h2-5H,6H2,1H3,(H2,11,12,13,15). The molecule has 0 aliphatic rings. The predicted molar refractivity (Wildman–Crippen MR) is 59.2 cm³/mol. The van der Waals surface area contributed by atoms with Gasteiger partial charge in [0, 0.05) is 18.9 Å². The molecule has 1 rings (SSSR count). The van der Waals surface area contributed by atoms with E-state index in [1.54, 1.807) is 12.4 Å². The van der Waals surface area contributed by atoms with Gasteiger partial charge in [-0.1, -0.05) is 6.07 Å². The molecule has 1 aromatic rings. The quantitative estimate of drug-likeness (QED) is 0.729. The average Bonchev–Trinajstić information content (AvgIpc) is 2.27. The van der Waals surface area contributed by atoms with Gasteiger partial charge in [0.25, 0.3) is 0 Å². The topological polar surface area (TPSA) is 63.2 Å². The van der Waals surface area contributed by atoms with Crippen molar-refractivity contribution >= 4 is 23.4 Å². The minimum atomic E-state index is -0.585. The first-order valence-corrected chi connectivity index (χ1v) is 4.65. The maximum atomic E-state index is 10.8. The van der Waals surface area contributed by atoms with Gasteiger partial charge in [0.05, 0.1) is 7.11 Å². The van der Waals surface area contributed by atoms with E-state index in [9.17, 15) is 4.79 Å². The molecule has 2 N–H and O–H groups in total. The van der Waals surface area contributed by atoms with Crippen LogP contribution in [0.2, 0.25) is 0 Å². The van der Waals surface area contributed by atoms with Gasteiger partial charge < -0.3 is 10.1 Å².